The summed E-state index contributed by atoms with van der Waals surface area (Å²) in [4.78, 5) is 17.8. The normalized spacial score (nSPS) is 10.4. The Labute approximate surface area is 125 Å². The number of amides is 2. The van der Waals surface area contributed by atoms with Crippen LogP contribution in [0.1, 0.15) is 11.1 Å². The number of aromatic nitrogens is 1. The highest BCUT2D eigenvalue weighted by Crippen LogP contribution is 2.06. The molecule has 5 heteroatoms. The maximum absolute atomic E-state index is 11.7. The third kappa shape index (κ3) is 5.24. The zero-order valence-electron chi connectivity index (χ0n) is 12.3. The number of nitrogens with zero attached hydrogens (tertiary/aromatic N) is 2. The lowest BCUT2D eigenvalue weighted by Gasteiger charge is -2.11. The fraction of sp³-hybridized carbons (Fsp3) is 0.250. The van der Waals surface area contributed by atoms with Crippen molar-refractivity contribution in [2.75, 3.05) is 19.4 Å². The van der Waals surface area contributed by atoms with E-state index in [0.29, 0.717) is 12.2 Å². The Morgan fingerprint density at radius 1 is 1.14 bits per heavy atom. The lowest BCUT2D eigenvalue weighted by molar-refractivity contribution is 0.251. The first-order valence-corrected chi connectivity index (χ1v) is 6.81. The molecule has 0 saturated carbocycles. The molecule has 0 bridgehead atoms. The van der Waals surface area contributed by atoms with Crippen molar-refractivity contribution in [3.63, 3.8) is 0 Å². The van der Waals surface area contributed by atoms with E-state index < -0.39 is 0 Å². The number of urea groups is 1. The minimum atomic E-state index is -0.236. The van der Waals surface area contributed by atoms with Gasteiger partial charge in [0.15, 0.2) is 0 Å². The zero-order chi connectivity index (χ0) is 15.1. The van der Waals surface area contributed by atoms with Crippen LogP contribution in [0.4, 0.5) is 10.5 Å². The van der Waals surface area contributed by atoms with Crippen molar-refractivity contribution in [3.8, 4) is 0 Å². The maximum atomic E-state index is 11.7. The molecular formula is C16H20N4O. The average Bonchev–Trinajstić information content (AvgIpc) is 2.47. The summed E-state index contributed by atoms with van der Waals surface area (Å²) in [5.74, 6) is 0. The van der Waals surface area contributed by atoms with Crippen LogP contribution < -0.4 is 10.6 Å². The maximum Gasteiger partial charge on any atom is 0.319 e. The van der Waals surface area contributed by atoms with Gasteiger partial charge in [0.2, 0.25) is 0 Å². The number of benzene rings is 1. The topological polar surface area (TPSA) is 57.3 Å². The summed E-state index contributed by atoms with van der Waals surface area (Å²) in [6.45, 7) is 1.41. The molecule has 21 heavy (non-hydrogen) atoms. The van der Waals surface area contributed by atoms with Crippen molar-refractivity contribution in [1.82, 2.24) is 15.2 Å². The van der Waals surface area contributed by atoms with Crippen molar-refractivity contribution in [1.29, 1.82) is 0 Å². The molecular weight excluding hydrogens is 264 g/mol. The highest BCUT2D eigenvalue weighted by atomic mass is 16.2. The van der Waals surface area contributed by atoms with Gasteiger partial charge in [0.25, 0.3) is 0 Å². The van der Waals surface area contributed by atoms with Crippen LogP contribution in [0.2, 0.25) is 0 Å². The number of pyridine rings is 1. The lowest BCUT2D eigenvalue weighted by Crippen LogP contribution is -2.28. The van der Waals surface area contributed by atoms with Gasteiger partial charge in [0.05, 0.1) is 11.9 Å². The summed E-state index contributed by atoms with van der Waals surface area (Å²) in [6.07, 6.45) is 3.27. The highest BCUT2D eigenvalue weighted by molar-refractivity contribution is 5.88. The van der Waals surface area contributed by atoms with Gasteiger partial charge in [0.1, 0.15) is 0 Å². The first-order valence-electron chi connectivity index (χ1n) is 6.81. The Balaban J connectivity index is 1.81. The first kappa shape index (κ1) is 15.0. The molecule has 1 heterocycles. The van der Waals surface area contributed by atoms with Gasteiger partial charge in [-0.2, -0.15) is 0 Å². The van der Waals surface area contributed by atoms with Crippen molar-refractivity contribution in [2.24, 2.45) is 0 Å². The molecule has 0 radical (unpaired) electrons. The summed E-state index contributed by atoms with van der Waals surface area (Å²) in [6, 6.07) is 11.6. The molecule has 0 unspecified atom stereocenters. The largest absolute Gasteiger partial charge is 0.334 e. The van der Waals surface area contributed by atoms with Gasteiger partial charge in [-0.3, -0.25) is 4.98 Å². The number of anilines is 1. The van der Waals surface area contributed by atoms with Crippen LogP contribution in [-0.4, -0.2) is 30.0 Å². The van der Waals surface area contributed by atoms with Crippen molar-refractivity contribution >= 4 is 11.7 Å². The van der Waals surface area contributed by atoms with E-state index in [9.17, 15) is 4.79 Å². The second-order valence-electron chi connectivity index (χ2n) is 5.10. The Morgan fingerprint density at radius 2 is 1.86 bits per heavy atom. The highest BCUT2D eigenvalue weighted by Gasteiger charge is 2.02. The molecule has 0 atom stereocenters. The van der Waals surface area contributed by atoms with Gasteiger partial charge in [-0.05, 0) is 37.4 Å². The van der Waals surface area contributed by atoms with Gasteiger partial charge in [-0.15, -0.1) is 0 Å². The third-order valence-corrected chi connectivity index (χ3v) is 2.89. The van der Waals surface area contributed by atoms with E-state index in [4.69, 9.17) is 0 Å². The first-order chi connectivity index (χ1) is 10.1. The second kappa shape index (κ2) is 7.40. The average molecular weight is 284 g/mol. The number of carbonyl (C=O) groups is 1. The van der Waals surface area contributed by atoms with Gasteiger partial charge in [0, 0.05) is 19.3 Å². The molecule has 2 amide bonds. The molecule has 110 valence electrons. The van der Waals surface area contributed by atoms with E-state index in [0.717, 1.165) is 12.1 Å². The van der Waals surface area contributed by atoms with Gasteiger partial charge < -0.3 is 15.5 Å². The van der Waals surface area contributed by atoms with E-state index in [2.05, 4.69) is 32.7 Å². The fourth-order valence-electron chi connectivity index (χ4n) is 1.92. The Bertz CT molecular complexity index is 567. The molecule has 0 aliphatic carbocycles. The molecule has 1 aromatic heterocycles. The zero-order valence-corrected chi connectivity index (χ0v) is 12.3. The van der Waals surface area contributed by atoms with E-state index >= 15 is 0 Å². The van der Waals surface area contributed by atoms with E-state index in [-0.39, 0.29) is 6.03 Å². The monoisotopic (exact) mass is 284 g/mol. The van der Waals surface area contributed by atoms with Crippen LogP contribution in [0.3, 0.4) is 0 Å². The van der Waals surface area contributed by atoms with Crippen LogP contribution in [0.5, 0.6) is 0 Å². The summed E-state index contributed by atoms with van der Waals surface area (Å²) in [5, 5.41) is 5.55. The molecule has 2 rings (SSSR count). The standard InChI is InChI=1S/C16H20N4O/c1-20(2)12-14-7-5-13(6-8-14)10-18-16(21)19-15-4-3-9-17-11-15/h3-9,11H,10,12H2,1-2H3,(H2,18,19,21). The molecule has 1 aromatic carbocycles. The van der Waals surface area contributed by atoms with Crippen LogP contribution in [0.15, 0.2) is 48.8 Å². The van der Waals surface area contributed by atoms with Gasteiger partial charge in [-0.1, -0.05) is 24.3 Å². The number of hydrogen-bond donors (Lipinski definition) is 2. The predicted molar refractivity (Wildman–Crippen MR) is 83.9 cm³/mol. The molecule has 2 N–H and O–H groups in total. The molecule has 5 nitrogen and oxygen atoms in total. The van der Waals surface area contributed by atoms with E-state index in [1.807, 2.05) is 26.2 Å². The van der Waals surface area contributed by atoms with Crippen molar-refractivity contribution in [3.05, 3.63) is 59.9 Å². The summed E-state index contributed by atoms with van der Waals surface area (Å²) >= 11 is 0. The second-order valence-corrected chi connectivity index (χ2v) is 5.10. The minimum absolute atomic E-state index is 0.236. The minimum Gasteiger partial charge on any atom is -0.334 e. The van der Waals surface area contributed by atoms with Crippen LogP contribution in [-0.2, 0) is 13.1 Å². The summed E-state index contributed by atoms with van der Waals surface area (Å²) in [5.41, 5.74) is 3.00. The van der Waals surface area contributed by atoms with Crippen molar-refractivity contribution in [2.45, 2.75) is 13.1 Å². The Hall–Kier alpha value is -2.40. The quantitative estimate of drug-likeness (QED) is 0.886. The SMILES string of the molecule is CN(C)Cc1ccc(CNC(=O)Nc2cccnc2)cc1. The molecule has 0 fully saturated rings. The molecule has 0 spiro atoms. The van der Waals surface area contributed by atoms with Gasteiger partial charge in [-0.25, -0.2) is 4.79 Å². The summed E-state index contributed by atoms with van der Waals surface area (Å²) in [7, 11) is 4.08. The molecule has 2 aromatic rings. The number of hydrogen-bond acceptors (Lipinski definition) is 3. The number of nitrogens with one attached hydrogen (secondary N) is 2. The van der Waals surface area contributed by atoms with E-state index in [1.54, 1.807) is 24.5 Å². The Kier molecular flexibility index (Phi) is 5.29. The van der Waals surface area contributed by atoms with E-state index in [1.165, 1.54) is 5.56 Å². The molecule has 0 aliphatic heterocycles. The fourth-order valence-corrected chi connectivity index (χ4v) is 1.92. The molecule has 0 saturated heterocycles. The van der Waals surface area contributed by atoms with Crippen LogP contribution >= 0.6 is 0 Å². The van der Waals surface area contributed by atoms with Gasteiger partial charge >= 0.3 is 6.03 Å². The molecule has 0 aliphatic rings. The van der Waals surface area contributed by atoms with Crippen molar-refractivity contribution < 1.29 is 4.79 Å². The predicted octanol–water partition coefficient (Wildman–Crippen LogP) is 2.46. The summed E-state index contributed by atoms with van der Waals surface area (Å²) < 4.78 is 0. The van der Waals surface area contributed by atoms with Crippen LogP contribution in [0.25, 0.3) is 0 Å². The van der Waals surface area contributed by atoms with Crippen LogP contribution in [0, 0.1) is 0 Å². The smallest absolute Gasteiger partial charge is 0.319 e. The third-order valence-electron chi connectivity index (χ3n) is 2.89. The lowest BCUT2D eigenvalue weighted by atomic mass is 10.1. The number of carbonyl (C=O) groups excluding carboxylic acids is 1. The number of rotatable bonds is 5. The Morgan fingerprint density at radius 3 is 2.48 bits per heavy atom.